The number of hydrogen-bond acceptors (Lipinski definition) is 12. The fraction of sp³-hybridized carbons (Fsp3) is 0.414. The Morgan fingerprint density at radius 1 is 1.18 bits per heavy atom. The number of aromatic nitrogens is 4. The van der Waals surface area contributed by atoms with Gasteiger partial charge in [0, 0.05) is 12.6 Å². The lowest BCUT2D eigenvalue weighted by molar-refractivity contribution is -0.000529. The standard InChI is InChI=1S/C29H32FN7O7/c1-28(2,3)43-26(39)37(27(40)44-29(4,5)6)13-19-22(20(11-31)36(7)35-19)18-12-33-23(32)24(34-18)42-21-14-41-25(38)16-9-8-15(30)10-17(16)21/h8-10,12,21H,13-14H2,1-7H3,(H2,32,33)/t21-/m1/s1. The second kappa shape index (κ2) is 11.8. The molecule has 2 N–H and O–H groups in total. The monoisotopic (exact) mass is 609 g/mol. The molecule has 3 heterocycles. The molecule has 0 spiro atoms. The Morgan fingerprint density at radius 2 is 1.82 bits per heavy atom. The Hall–Kier alpha value is -5.26. The number of hydrogen-bond donors (Lipinski definition) is 1. The zero-order chi connectivity index (χ0) is 32.6. The first kappa shape index (κ1) is 31.7. The fourth-order valence-corrected chi connectivity index (χ4v) is 4.20. The molecule has 0 bridgehead atoms. The van der Waals surface area contributed by atoms with Crippen molar-refractivity contribution >= 4 is 24.0 Å². The van der Waals surface area contributed by atoms with Crippen LogP contribution in [0.2, 0.25) is 0 Å². The number of halogens is 1. The summed E-state index contributed by atoms with van der Waals surface area (Å²) in [4.78, 5) is 47.8. The summed E-state index contributed by atoms with van der Waals surface area (Å²) in [5.74, 6) is -1.56. The molecule has 0 fully saturated rings. The maximum absolute atomic E-state index is 14.1. The van der Waals surface area contributed by atoms with Crippen LogP contribution in [0.5, 0.6) is 5.88 Å². The van der Waals surface area contributed by atoms with Gasteiger partial charge in [0.25, 0.3) is 5.88 Å². The van der Waals surface area contributed by atoms with Crippen LogP contribution < -0.4 is 10.5 Å². The van der Waals surface area contributed by atoms with Crippen molar-refractivity contribution in [2.75, 3.05) is 12.3 Å². The van der Waals surface area contributed by atoms with Gasteiger partial charge in [0.05, 0.1) is 35.3 Å². The van der Waals surface area contributed by atoms with Gasteiger partial charge in [-0.15, -0.1) is 0 Å². The molecular weight excluding hydrogens is 577 g/mol. The van der Waals surface area contributed by atoms with E-state index in [2.05, 4.69) is 15.1 Å². The van der Waals surface area contributed by atoms with Gasteiger partial charge < -0.3 is 24.7 Å². The van der Waals surface area contributed by atoms with Crippen LogP contribution in [0.3, 0.4) is 0 Å². The topological polar surface area (TPSA) is 185 Å². The predicted molar refractivity (Wildman–Crippen MR) is 151 cm³/mol. The van der Waals surface area contributed by atoms with Crippen LogP contribution in [0.4, 0.5) is 19.8 Å². The summed E-state index contributed by atoms with van der Waals surface area (Å²) in [7, 11) is 1.50. The summed E-state index contributed by atoms with van der Waals surface area (Å²) in [6.07, 6.45) is -1.69. The van der Waals surface area contributed by atoms with Crippen molar-refractivity contribution < 1.29 is 37.7 Å². The molecule has 232 valence electrons. The quantitative estimate of drug-likeness (QED) is 0.317. The van der Waals surface area contributed by atoms with Gasteiger partial charge >= 0.3 is 18.2 Å². The normalized spacial score (nSPS) is 14.6. The van der Waals surface area contributed by atoms with E-state index < -0.39 is 47.8 Å². The first-order chi connectivity index (χ1) is 20.5. The van der Waals surface area contributed by atoms with E-state index in [-0.39, 0.29) is 52.1 Å². The zero-order valence-corrected chi connectivity index (χ0v) is 25.3. The fourth-order valence-electron chi connectivity index (χ4n) is 4.20. The third-order valence-corrected chi connectivity index (χ3v) is 5.98. The lowest BCUT2D eigenvalue weighted by Gasteiger charge is -2.28. The maximum Gasteiger partial charge on any atom is 0.420 e. The number of cyclic esters (lactones) is 1. The first-order valence-electron chi connectivity index (χ1n) is 13.4. The summed E-state index contributed by atoms with van der Waals surface area (Å²) in [5.41, 5.74) is 4.84. The van der Waals surface area contributed by atoms with Crippen LogP contribution >= 0.6 is 0 Å². The summed E-state index contributed by atoms with van der Waals surface area (Å²) in [5, 5.41) is 14.4. The molecular formula is C29H32FN7O7. The number of rotatable bonds is 5. The Balaban J connectivity index is 1.75. The van der Waals surface area contributed by atoms with E-state index in [9.17, 15) is 24.0 Å². The van der Waals surface area contributed by atoms with Crippen molar-refractivity contribution in [1.82, 2.24) is 24.6 Å². The molecule has 0 saturated heterocycles. The highest BCUT2D eigenvalue weighted by Gasteiger charge is 2.35. The summed E-state index contributed by atoms with van der Waals surface area (Å²) < 4.78 is 37.3. The molecule has 14 nitrogen and oxygen atoms in total. The van der Waals surface area contributed by atoms with Gasteiger partial charge in [0.15, 0.2) is 11.9 Å². The van der Waals surface area contributed by atoms with Gasteiger partial charge in [-0.25, -0.2) is 33.6 Å². The number of nitrogens with zero attached hydrogens (tertiary/aromatic N) is 6. The zero-order valence-electron chi connectivity index (χ0n) is 25.3. The molecule has 15 heteroatoms. The van der Waals surface area contributed by atoms with Crippen LogP contribution in [0, 0.1) is 17.1 Å². The number of esters is 1. The lowest BCUT2D eigenvalue weighted by Crippen LogP contribution is -2.43. The molecule has 1 aliphatic heterocycles. The Labute approximate surface area is 252 Å². The number of nitrogen functional groups attached to an aromatic ring is 1. The van der Waals surface area contributed by atoms with E-state index in [1.165, 1.54) is 24.0 Å². The summed E-state index contributed by atoms with van der Waals surface area (Å²) in [6, 6.07) is 5.61. The van der Waals surface area contributed by atoms with Crippen LogP contribution in [0.1, 0.15) is 75.0 Å². The third kappa shape index (κ3) is 7.02. The largest absolute Gasteiger partial charge is 0.463 e. The molecule has 0 aliphatic carbocycles. The van der Waals surface area contributed by atoms with Gasteiger partial charge in [0.1, 0.15) is 35.4 Å². The van der Waals surface area contributed by atoms with Gasteiger partial charge in [0.2, 0.25) is 0 Å². The van der Waals surface area contributed by atoms with E-state index >= 15 is 0 Å². The van der Waals surface area contributed by atoms with Crippen molar-refractivity contribution in [2.45, 2.75) is 65.4 Å². The average Bonchev–Trinajstić information content (AvgIpc) is 3.22. The first-order valence-corrected chi connectivity index (χ1v) is 13.4. The second-order valence-corrected chi connectivity index (χ2v) is 11.8. The van der Waals surface area contributed by atoms with Crippen molar-refractivity contribution in [3.8, 4) is 23.2 Å². The van der Waals surface area contributed by atoms with Crippen molar-refractivity contribution in [2.24, 2.45) is 7.05 Å². The number of aryl methyl sites for hydroxylation is 1. The molecule has 1 aliphatic rings. The molecule has 2 amide bonds. The summed E-state index contributed by atoms with van der Waals surface area (Å²) in [6.45, 7) is 9.15. The molecule has 44 heavy (non-hydrogen) atoms. The maximum atomic E-state index is 14.1. The number of anilines is 1. The molecule has 2 aromatic heterocycles. The average molecular weight is 610 g/mol. The second-order valence-electron chi connectivity index (χ2n) is 11.8. The Kier molecular flexibility index (Phi) is 8.48. The molecule has 4 rings (SSSR count). The Morgan fingerprint density at radius 3 is 2.41 bits per heavy atom. The van der Waals surface area contributed by atoms with Gasteiger partial charge in [-0.3, -0.25) is 4.68 Å². The van der Waals surface area contributed by atoms with E-state index in [4.69, 9.17) is 24.7 Å². The van der Waals surface area contributed by atoms with Gasteiger partial charge in [-0.05, 0) is 59.7 Å². The van der Waals surface area contributed by atoms with Crippen LogP contribution in [0.15, 0.2) is 24.4 Å². The van der Waals surface area contributed by atoms with E-state index in [0.717, 1.165) is 17.0 Å². The molecule has 1 atom stereocenters. The van der Waals surface area contributed by atoms with Crippen LogP contribution in [0.25, 0.3) is 11.3 Å². The minimum atomic E-state index is -0.994. The number of carbonyl (C=O) groups is 3. The van der Waals surface area contributed by atoms with Crippen LogP contribution in [-0.4, -0.2) is 60.6 Å². The van der Waals surface area contributed by atoms with Gasteiger partial charge in [-0.1, -0.05) is 0 Å². The highest BCUT2D eigenvalue weighted by molar-refractivity contribution is 5.92. The number of imide groups is 1. The van der Waals surface area contributed by atoms with Crippen LogP contribution in [-0.2, 0) is 27.8 Å². The van der Waals surface area contributed by atoms with Crippen molar-refractivity contribution in [1.29, 1.82) is 5.26 Å². The number of nitrogens with two attached hydrogens (primary N) is 1. The number of carbonyl (C=O) groups excluding carboxylic acids is 3. The number of amides is 2. The minimum Gasteiger partial charge on any atom is -0.463 e. The molecule has 0 radical (unpaired) electrons. The Bertz CT molecular complexity index is 1640. The van der Waals surface area contributed by atoms with E-state index in [0.29, 0.717) is 0 Å². The van der Waals surface area contributed by atoms with Gasteiger partial charge in [-0.2, -0.15) is 10.4 Å². The number of fused-ring (bicyclic) bond motifs is 1. The molecule has 1 aromatic carbocycles. The molecule has 3 aromatic rings. The minimum absolute atomic E-state index is 0.0253. The van der Waals surface area contributed by atoms with Crippen molar-refractivity contribution in [3.63, 3.8) is 0 Å². The number of benzene rings is 1. The lowest BCUT2D eigenvalue weighted by atomic mass is 10.0. The molecule has 0 unspecified atom stereocenters. The molecule has 0 saturated carbocycles. The SMILES string of the molecule is Cn1nc(CN(C(=O)OC(C)(C)C)C(=O)OC(C)(C)C)c(-c2cnc(N)c(O[C@@H]3COC(=O)c4ccc(F)cc43)n2)c1C#N. The van der Waals surface area contributed by atoms with Crippen molar-refractivity contribution in [3.05, 3.63) is 52.7 Å². The highest BCUT2D eigenvalue weighted by Crippen LogP contribution is 2.34. The predicted octanol–water partition coefficient (Wildman–Crippen LogP) is 4.43. The highest BCUT2D eigenvalue weighted by atomic mass is 19.1. The third-order valence-electron chi connectivity index (χ3n) is 5.98. The smallest absolute Gasteiger partial charge is 0.420 e. The number of ether oxygens (including phenoxy) is 4. The van der Waals surface area contributed by atoms with E-state index in [1.807, 2.05) is 6.07 Å². The summed E-state index contributed by atoms with van der Waals surface area (Å²) >= 11 is 0. The number of nitriles is 1. The van der Waals surface area contributed by atoms with E-state index in [1.54, 1.807) is 41.5 Å².